The summed E-state index contributed by atoms with van der Waals surface area (Å²) >= 11 is 1.67. The van der Waals surface area contributed by atoms with E-state index in [0.717, 1.165) is 11.3 Å². The van der Waals surface area contributed by atoms with Crippen molar-refractivity contribution in [2.24, 2.45) is 0 Å². The highest BCUT2D eigenvalue weighted by molar-refractivity contribution is 7.98. The van der Waals surface area contributed by atoms with Gasteiger partial charge in [0.25, 0.3) is 0 Å². The monoisotopic (exact) mass is 381 g/mol. The predicted octanol–water partition coefficient (Wildman–Crippen LogP) is 3.99. The van der Waals surface area contributed by atoms with Crippen molar-refractivity contribution in [2.75, 3.05) is 24.8 Å². The lowest BCUT2D eigenvalue weighted by molar-refractivity contribution is -0.117. The Balaban J connectivity index is 1.55. The first-order chi connectivity index (χ1) is 13.2. The molecule has 0 saturated carbocycles. The van der Waals surface area contributed by atoms with Crippen molar-refractivity contribution < 1.29 is 14.1 Å². The first-order valence-electron chi connectivity index (χ1n) is 8.61. The van der Waals surface area contributed by atoms with Crippen LogP contribution in [-0.2, 0) is 4.79 Å². The molecule has 7 heteroatoms. The van der Waals surface area contributed by atoms with Crippen LogP contribution in [-0.4, -0.2) is 36.0 Å². The summed E-state index contributed by atoms with van der Waals surface area (Å²) in [5.74, 6) is 1.58. The number of aromatic nitrogens is 2. The molecule has 1 amide bonds. The average Bonchev–Trinajstić information content (AvgIpc) is 3.35. The number of methoxy groups -OCH3 is 1. The van der Waals surface area contributed by atoms with Gasteiger partial charge in [-0.25, -0.2) is 0 Å². The smallest absolute Gasteiger partial charge is 0.232 e. The lowest BCUT2D eigenvalue weighted by Crippen LogP contribution is -2.24. The number of benzene rings is 2. The zero-order valence-electron chi connectivity index (χ0n) is 15.1. The molecule has 2 heterocycles. The van der Waals surface area contributed by atoms with Crippen molar-refractivity contribution >= 4 is 23.4 Å². The number of ether oxygens (including phenoxy) is 1. The Morgan fingerprint density at radius 2 is 1.96 bits per heavy atom. The van der Waals surface area contributed by atoms with E-state index < -0.39 is 0 Å². The van der Waals surface area contributed by atoms with E-state index in [1.54, 1.807) is 23.8 Å². The lowest BCUT2D eigenvalue weighted by atomic mass is 10.1. The van der Waals surface area contributed by atoms with E-state index in [2.05, 4.69) is 10.1 Å². The van der Waals surface area contributed by atoms with Crippen LogP contribution in [0.15, 0.2) is 57.9 Å². The number of thioether (sulfide) groups is 1. The van der Waals surface area contributed by atoms with Gasteiger partial charge in [-0.15, -0.1) is 11.8 Å². The Hall–Kier alpha value is -2.80. The molecule has 0 spiro atoms. The van der Waals surface area contributed by atoms with Crippen LogP contribution in [0.5, 0.6) is 5.75 Å². The van der Waals surface area contributed by atoms with Crippen molar-refractivity contribution in [1.29, 1.82) is 0 Å². The summed E-state index contributed by atoms with van der Waals surface area (Å²) in [5, 5.41) is 4.09. The van der Waals surface area contributed by atoms with E-state index in [1.807, 2.05) is 54.8 Å². The van der Waals surface area contributed by atoms with Gasteiger partial charge in [0.1, 0.15) is 5.75 Å². The van der Waals surface area contributed by atoms with Gasteiger partial charge in [-0.3, -0.25) is 4.79 Å². The lowest BCUT2D eigenvalue weighted by Gasteiger charge is -2.16. The molecule has 0 aliphatic carbocycles. The number of carbonyl (C=O) groups is 1. The third-order valence-corrected chi connectivity index (χ3v) is 5.39. The molecule has 1 unspecified atom stereocenters. The fourth-order valence-corrected chi connectivity index (χ4v) is 3.63. The van der Waals surface area contributed by atoms with Gasteiger partial charge in [0.15, 0.2) is 0 Å². The van der Waals surface area contributed by atoms with Gasteiger partial charge in [-0.2, -0.15) is 4.98 Å². The molecule has 1 saturated heterocycles. The topological polar surface area (TPSA) is 68.5 Å². The summed E-state index contributed by atoms with van der Waals surface area (Å²) in [6, 6.07) is 15.5. The fourth-order valence-electron chi connectivity index (χ4n) is 3.22. The second-order valence-electron chi connectivity index (χ2n) is 6.26. The Labute approximate surface area is 161 Å². The fraction of sp³-hybridized carbons (Fsp3) is 0.250. The molecule has 1 aliphatic heterocycles. The number of anilines is 1. The first kappa shape index (κ1) is 17.6. The largest absolute Gasteiger partial charge is 0.496 e. The second-order valence-corrected chi connectivity index (χ2v) is 7.14. The minimum absolute atomic E-state index is 0.0638. The molecular formula is C20H19N3O3S. The van der Waals surface area contributed by atoms with Gasteiger partial charge in [-0.05, 0) is 42.7 Å². The van der Waals surface area contributed by atoms with Gasteiger partial charge in [-0.1, -0.05) is 17.3 Å². The molecule has 27 heavy (non-hydrogen) atoms. The van der Waals surface area contributed by atoms with E-state index in [9.17, 15) is 4.79 Å². The molecule has 6 nitrogen and oxygen atoms in total. The van der Waals surface area contributed by atoms with Crippen molar-refractivity contribution in [3.63, 3.8) is 0 Å². The number of amides is 1. The van der Waals surface area contributed by atoms with Crippen LogP contribution in [0, 0.1) is 0 Å². The quantitative estimate of drug-likeness (QED) is 0.623. The van der Waals surface area contributed by atoms with E-state index in [1.165, 1.54) is 4.90 Å². The standard InChI is InChI=1S/C20H19N3O3S/c1-25-17-6-4-3-5-16(17)19-21-20(26-22-19)13-11-18(24)23(12-13)14-7-9-15(27-2)10-8-14/h3-10,13H,11-12H2,1-2H3. The Kier molecular flexibility index (Phi) is 4.85. The summed E-state index contributed by atoms with van der Waals surface area (Å²) in [5.41, 5.74) is 1.66. The second kappa shape index (κ2) is 7.44. The van der Waals surface area contributed by atoms with Crippen LogP contribution in [0.1, 0.15) is 18.2 Å². The number of nitrogens with zero attached hydrogens (tertiary/aromatic N) is 3. The number of para-hydroxylation sites is 1. The molecule has 1 aromatic heterocycles. The minimum atomic E-state index is -0.117. The van der Waals surface area contributed by atoms with Gasteiger partial charge in [0.05, 0.1) is 18.6 Å². The zero-order valence-corrected chi connectivity index (χ0v) is 15.9. The SMILES string of the molecule is COc1ccccc1-c1noc(C2CC(=O)N(c3ccc(SC)cc3)C2)n1. The maximum atomic E-state index is 12.5. The van der Waals surface area contributed by atoms with Crippen LogP contribution >= 0.6 is 11.8 Å². The molecule has 2 aromatic carbocycles. The number of rotatable bonds is 5. The van der Waals surface area contributed by atoms with Crippen molar-refractivity contribution in [2.45, 2.75) is 17.2 Å². The highest BCUT2D eigenvalue weighted by atomic mass is 32.2. The molecule has 1 fully saturated rings. The molecule has 1 aliphatic rings. The van der Waals surface area contributed by atoms with Gasteiger partial charge < -0.3 is 14.2 Å². The molecular weight excluding hydrogens is 362 g/mol. The molecule has 138 valence electrons. The van der Waals surface area contributed by atoms with Crippen LogP contribution in [0.2, 0.25) is 0 Å². The Bertz CT molecular complexity index is 955. The van der Waals surface area contributed by atoms with E-state index >= 15 is 0 Å². The normalized spacial score (nSPS) is 16.7. The Morgan fingerprint density at radius 1 is 1.19 bits per heavy atom. The minimum Gasteiger partial charge on any atom is -0.496 e. The van der Waals surface area contributed by atoms with Crippen LogP contribution < -0.4 is 9.64 Å². The van der Waals surface area contributed by atoms with Crippen LogP contribution in [0.4, 0.5) is 5.69 Å². The molecule has 0 N–H and O–H groups in total. The van der Waals surface area contributed by atoms with Crippen molar-refractivity contribution in [3.8, 4) is 17.1 Å². The molecule has 0 radical (unpaired) electrons. The van der Waals surface area contributed by atoms with E-state index in [4.69, 9.17) is 9.26 Å². The summed E-state index contributed by atoms with van der Waals surface area (Å²) in [6.07, 6.45) is 2.39. The summed E-state index contributed by atoms with van der Waals surface area (Å²) < 4.78 is 10.8. The Morgan fingerprint density at radius 3 is 2.70 bits per heavy atom. The van der Waals surface area contributed by atoms with E-state index in [-0.39, 0.29) is 11.8 Å². The molecule has 0 bridgehead atoms. The van der Waals surface area contributed by atoms with Gasteiger partial charge in [0, 0.05) is 23.5 Å². The third-order valence-electron chi connectivity index (χ3n) is 4.65. The average molecular weight is 381 g/mol. The molecule has 1 atom stereocenters. The van der Waals surface area contributed by atoms with Crippen LogP contribution in [0.3, 0.4) is 0 Å². The highest BCUT2D eigenvalue weighted by Gasteiger charge is 2.35. The predicted molar refractivity (Wildman–Crippen MR) is 104 cm³/mol. The zero-order chi connectivity index (χ0) is 18.8. The van der Waals surface area contributed by atoms with Gasteiger partial charge in [0.2, 0.25) is 17.6 Å². The maximum absolute atomic E-state index is 12.5. The summed E-state index contributed by atoms with van der Waals surface area (Å²) in [6.45, 7) is 0.533. The number of hydrogen-bond acceptors (Lipinski definition) is 6. The third kappa shape index (κ3) is 3.42. The number of hydrogen-bond donors (Lipinski definition) is 0. The van der Waals surface area contributed by atoms with Crippen molar-refractivity contribution in [3.05, 3.63) is 54.4 Å². The summed E-state index contributed by atoms with van der Waals surface area (Å²) in [4.78, 5) is 20.0. The highest BCUT2D eigenvalue weighted by Crippen LogP contribution is 2.34. The maximum Gasteiger partial charge on any atom is 0.232 e. The van der Waals surface area contributed by atoms with Crippen molar-refractivity contribution in [1.82, 2.24) is 10.1 Å². The molecule has 3 aromatic rings. The van der Waals surface area contributed by atoms with Crippen LogP contribution in [0.25, 0.3) is 11.4 Å². The molecule has 4 rings (SSSR count). The summed E-state index contributed by atoms with van der Waals surface area (Å²) in [7, 11) is 1.61. The van der Waals surface area contributed by atoms with E-state index in [0.29, 0.717) is 30.4 Å². The van der Waals surface area contributed by atoms with Gasteiger partial charge >= 0.3 is 0 Å². The first-order valence-corrected chi connectivity index (χ1v) is 9.83. The number of carbonyl (C=O) groups excluding carboxylic acids is 1.